The summed E-state index contributed by atoms with van der Waals surface area (Å²) in [6, 6.07) is 5.46. The van der Waals surface area contributed by atoms with Crippen LogP contribution in [0.15, 0.2) is 29.1 Å². The van der Waals surface area contributed by atoms with Crippen LogP contribution in [0.4, 0.5) is 30.7 Å². The van der Waals surface area contributed by atoms with Crippen molar-refractivity contribution in [3.63, 3.8) is 0 Å². The zero-order valence-corrected chi connectivity index (χ0v) is 19.3. The molecule has 1 aromatic carbocycles. The molecule has 2 aliphatic rings. The smallest absolute Gasteiger partial charge is 0.336 e. The van der Waals surface area contributed by atoms with Gasteiger partial charge in [0.25, 0.3) is 5.56 Å². The van der Waals surface area contributed by atoms with E-state index in [1.807, 2.05) is 0 Å². The molecule has 2 aromatic rings. The molecule has 0 spiro atoms. The third-order valence-electron chi connectivity index (χ3n) is 7.05. The molecule has 1 saturated carbocycles. The maximum Gasteiger partial charge on any atom is 0.400 e. The molecular formula is C24H24F7N3O2. The van der Waals surface area contributed by atoms with Crippen molar-refractivity contribution >= 4 is 5.91 Å². The summed E-state index contributed by atoms with van der Waals surface area (Å²) in [6.45, 7) is 1.04. The number of fused-ring (bicyclic) bond motifs is 1. The second-order valence-corrected chi connectivity index (χ2v) is 9.35. The molecule has 0 saturated heterocycles. The lowest BCUT2D eigenvalue weighted by Crippen LogP contribution is -2.45. The summed E-state index contributed by atoms with van der Waals surface area (Å²) in [5, 5.41) is 0. The molecular weight excluding hydrogens is 495 g/mol. The lowest BCUT2D eigenvalue weighted by molar-refractivity contribution is -0.284. The molecule has 196 valence electrons. The minimum absolute atomic E-state index is 0.0449. The minimum atomic E-state index is -5.61. The first-order valence-electron chi connectivity index (χ1n) is 11.5. The van der Waals surface area contributed by atoms with E-state index in [-0.39, 0.29) is 48.3 Å². The molecule has 1 aromatic heterocycles. The van der Waals surface area contributed by atoms with Gasteiger partial charge in [-0.1, -0.05) is 18.6 Å². The lowest BCUT2D eigenvalue weighted by atomic mass is 9.77. The molecule has 0 N–H and O–H groups in total. The van der Waals surface area contributed by atoms with Crippen LogP contribution >= 0.6 is 0 Å². The van der Waals surface area contributed by atoms with E-state index in [0.717, 1.165) is 29.7 Å². The Morgan fingerprint density at radius 2 is 1.69 bits per heavy atom. The monoisotopic (exact) mass is 519 g/mol. The number of carbonyl (C=O) groups is 1. The maximum atomic E-state index is 13.5. The SMILES string of the molecule is Cc1nc2c(c(=O)n1C(c1ccc(F)cc1)C1CCC1)CCN(C(=O)CC(C(F)(F)F)C(F)(F)F)C2. The van der Waals surface area contributed by atoms with Gasteiger partial charge < -0.3 is 4.90 Å². The second kappa shape index (κ2) is 9.51. The Hall–Kier alpha value is -2.92. The first-order chi connectivity index (χ1) is 16.8. The molecule has 5 nitrogen and oxygen atoms in total. The quantitative estimate of drug-likeness (QED) is 0.517. The number of benzene rings is 1. The van der Waals surface area contributed by atoms with Gasteiger partial charge in [0, 0.05) is 18.5 Å². The summed E-state index contributed by atoms with van der Waals surface area (Å²) in [5.74, 6) is -5.04. The Bertz CT molecular complexity index is 1170. The fourth-order valence-corrected chi connectivity index (χ4v) is 4.93. The third-order valence-corrected chi connectivity index (χ3v) is 7.05. The summed E-state index contributed by atoms with van der Waals surface area (Å²) in [6.07, 6.45) is -10.3. The van der Waals surface area contributed by atoms with E-state index in [2.05, 4.69) is 4.98 Å². The fraction of sp³-hybridized carbons (Fsp3) is 0.542. The number of carbonyl (C=O) groups excluding carboxylic acids is 1. The van der Waals surface area contributed by atoms with Crippen LogP contribution in [0, 0.1) is 24.6 Å². The maximum absolute atomic E-state index is 13.5. The van der Waals surface area contributed by atoms with Gasteiger partial charge in [-0.25, -0.2) is 9.37 Å². The predicted molar refractivity (Wildman–Crippen MR) is 114 cm³/mol. The zero-order chi connectivity index (χ0) is 26.4. The van der Waals surface area contributed by atoms with Gasteiger partial charge in [-0.3, -0.25) is 14.2 Å². The normalized spacial score (nSPS) is 17.6. The van der Waals surface area contributed by atoms with Crippen LogP contribution in [0.25, 0.3) is 0 Å². The Kier molecular flexibility index (Phi) is 6.91. The van der Waals surface area contributed by atoms with Gasteiger partial charge in [-0.15, -0.1) is 0 Å². The van der Waals surface area contributed by atoms with Crippen LogP contribution in [-0.4, -0.2) is 39.3 Å². The van der Waals surface area contributed by atoms with Crippen LogP contribution in [0.3, 0.4) is 0 Å². The molecule has 1 unspecified atom stereocenters. The van der Waals surface area contributed by atoms with Crippen LogP contribution in [0.1, 0.15) is 54.4 Å². The van der Waals surface area contributed by atoms with E-state index < -0.39 is 36.4 Å². The summed E-state index contributed by atoms with van der Waals surface area (Å²) in [4.78, 5) is 31.2. The Morgan fingerprint density at radius 3 is 2.22 bits per heavy atom. The highest BCUT2D eigenvalue weighted by atomic mass is 19.4. The molecule has 1 fully saturated rings. The van der Waals surface area contributed by atoms with E-state index in [1.54, 1.807) is 19.1 Å². The summed E-state index contributed by atoms with van der Waals surface area (Å²) in [5.41, 5.74) is 0.815. The molecule has 4 rings (SSSR count). The van der Waals surface area contributed by atoms with Crippen LogP contribution in [0.2, 0.25) is 0 Å². The standard InChI is InChI=1S/C24H24F7N3O2/c1-13-32-18-12-33(20(35)11-19(23(26,27)28)24(29,30)31)10-9-17(18)22(36)34(13)21(14-3-2-4-14)15-5-7-16(25)8-6-15/h5-8,14,19,21H,2-4,9-12H2,1H3. The van der Waals surface area contributed by atoms with Gasteiger partial charge in [-0.05, 0) is 49.8 Å². The number of hydrogen-bond donors (Lipinski definition) is 0. The first kappa shape index (κ1) is 26.2. The van der Waals surface area contributed by atoms with Crippen molar-refractivity contribution in [2.45, 2.75) is 64.0 Å². The van der Waals surface area contributed by atoms with Crippen LogP contribution < -0.4 is 5.56 Å². The van der Waals surface area contributed by atoms with Crippen molar-refractivity contribution in [3.05, 3.63) is 63.1 Å². The number of hydrogen-bond acceptors (Lipinski definition) is 3. The fourth-order valence-electron chi connectivity index (χ4n) is 4.93. The van der Waals surface area contributed by atoms with Gasteiger partial charge in [0.15, 0.2) is 5.92 Å². The van der Waals surface area contributed by atoms with Gasteiger partial charge >= 0.3 is 12.4 Å². The number of amides is 1. The molecule has 1 aliphatic heterocycles. The van der Waals surface area contributed by atoms with E-state index >= 15 is 0 Å². The number of aryl methyl sites for hydroxylation is 1. The molecule has 2 heterocycles. The average molecular weight is 519 g/mol. The van der Waals surface area contributed by atoms with Gasteiger partial charge in [0.1, 0.15) is 11.6 Å². The zero-order valence-electron chi connectivity index (χ0n) is 19.3. The predicted octanol–water partition coefficient (Wildman–Crippen LogP) is 5.10. The summed E-state index contributed by atoms with van der Waals surface area (Å²) < 4.78 is 92.5. The molecule has 1 atom stereocenters. The second-order valence-electron chi connectivity index (χ2n) is 9.35. The van der Waals surface area contributed by atoms with E-state index in [9.17, 15) is 40.3 Å². The van der Waals surface area contributed by atoms with Crippen LogP contribution in [0.5, 0.6) is 0 Å². The molecule has 1 amide bonds. The van der Waals surface area contributed by atoms with Crippen molar-refractivity contribution < 1.29 is 35.5 Å². The van der Waals surface area contributed by atoms with E-state index in [1.165, 1.54) is 16.7 Å². The van der Waals surface area contributed by atoms with Crippen molar-refractivity contribution in [2.75, 3.05) is 6.54 Å². The summed E-state index contributed by atoms with van der Waals surface area (Å²) in [7, 11) is 0. The number of nitrogens with zero attached hydrogens (tertiary/aromatic N) is 3. The average Bonchev–Trinajstić information content (AvgIpc) is 2.74. The van der Waals surface area contributed by atoms with Crippen molar-refractivity contribution in [1.29, 1.82) is 0 Å². The first-order valence-corrected chi connectivity index (χ1v) is 11.5. The van der Waals surface area contributed by atoms with Crippen molar-refractivity contribution in [3.8, 4) is 0 Å². The minimum Gasteiger partial charge on any atom is -0.336 e. The van der Waals surface area contributed by atoms with Gasteiger partial charge in [-0.2, -0.15) is 26.3 Å². The van der Waals surface area contributed by atoms with Gasteiger partial charge in [0.2, 0.25) is 5.91 Å². The Labute approximate surface area is 201 Å². The molecule has 0 radical (unpaired) electrons. The molecule has 0 bridgehead atoms. The van der Waals surface area contributed by atoms with Crippen molar-refractivity contribution in [1.82, 2.24) is 14.5 Å². The number of alkyl halides is 6. The topological polar surface area (TPSA) is 55.2 Å². The Balaban J connectivity index is 1.62. The lowest BCUT2D eigenvalue weighted by Gasteiger charge is -2.37. The highest BCUT2D eigenvalue weighted by Crippen LogP contribution is 2.42. The Morgan fingerprint density at radius 1 is 1.08 bits per heavy atom. The highest BCUT2D eigenvalue weighted by Gasteiger charge is 2.57. The number of halogens is 7. The molecule has 12 heteroatoms. The highest BCUT2D eigenvalue weighted by molar-refractivity contribution is 5.77. The van der Waals surface area contributed by atoms with Crippen LogP contribution in [-0.2, 0) is 17.8 Å². The van der Waals surface area contributed by atoms with E-state index in [0.29, 0.717) is 5.82 Å². The molecule has 36 heavy (non-hydrogen) atoms. The number of rotatable bonds is 5. The largest absolute Gasteiger partial charge is 0.400 e. The van der Waals surface area contributed by atoms with Crippen molar-refractivity contribution in [2.24, 2.45) is 11.8 Å². The summed E-state index contributed by atoms with van der Waals surface area (Å²) >= 11 is 0. The number of aromatic nitrogens is 2. The van der Waals surface area contributed by atoms with Gasteiger partial charge in [0.05, 0.1) is 18.3 Å². The molecule has 1 aliphatic carbocycles. The van der Waals surface area contributed by atoms with E-state index in [4.69, 9.17) is 0 Å². The third kappa shape index (κ3) is 5.12.